The zero-order valence-electron chi connectivity index (χ0n) is 34.1. The molecule has 1 atom stereocenters. The predicted octanol–water partition coefficient (Wildman–Crippen LogP) is 15.6. The van der Waals surface area contributed by atoms with Crippen molar-refractivity contribution in [1.29, 1.82) is 0 Å². The van der Waals surface area contributed by atoms with Crippen LogP contribution < -0.4 is 5.32 Å². The molecule has 3 heteroatoms. The maximum atomic E-state index is 6.62. The summed E-state index contributed by atoms with van der Waals surface area (Å²) < 4.78 is 6.62. The molecule has 0 spiro atoms. The van der Waals surface area contributed by atoms with Crippen LogP contribution in [-0.4, -0.2) is 5.84 Å². The van der Waals surface area contributed by atoms with Crippen LogP contribution in [-0.2, 0) is 0 Å². The van der Waals surface area contributed by atoms with Gasteiger partial charge in [-0.25, -0.2) is 4.99 Å². The Hall–Kier alpha value is -8.01. The van der Waals surface area contributed by atoms with E-state index in [0.717, 1.165) is 61.3 Å². The first-order valence-corrected chi connectivity index (χ1v) is 21.3. The van der Waals surface area contributed by atoms with E-state index in [9.17, 15) is 0 Å². The van der Waals surface area contributed by atoms with Crippen molar-refractivity contribution in [2.75, 3.05) is 0 Å². The lowest BCUT2D eigenvalue weighted by Gasteiger charge is -2.30. The first-order valence-electron chi connectivity index (χ1n) is 21.3. The van der Waals surface area contributed by atoms with Crippen LogP contribution in [0.25, 0.3) is 93.3 Å². The lowest BCUT2D eigenvalue weighted by molar-refractivity contribution is 0.669. The molecule has 1 aliphatic heterocycles. The normalized spacial score (nSPS) is 14.2. The van der Waals surface area contributed by atoms with Crippen molar-refractivity contribution < 1.29 is 4.42 Å². The van der Waals surface area contributed by atoms with Gasteiger partial charge in [0.1, 0.15) is 17.0 Å². The molecule has 0 aliphatic carbocycles. The summed E-state index contributed by atoms with van der Waals surface area (Å²) in [5.41, 5.74) is 14.1. The Morgan fingerprint density at radius 1 is 0.419 bits per heavy atom. The van der Waals surface area contributed by atoms with Gasteiger partial charge >= 0.3 is 0 Å². The largest absolute Gasteiger partial charge is 0.456 e. The highest BCUT2D eigenvalue weighted by atomic mass is 16.3. The Bertz CT molecular complexity index is 3610. The molecule has 0 saturated heterocycles. The molecule has 1 aromatic heterocycles. The Morgan fingerprint density at radius 2 is 1.00 bits per heavy atom. The zero-order valence-corrected chi connectivity index (χ0v) is 34.1. The van der Waals surface area contributed by atoms with E-state index in [0.29, 0.717) is 0 Å². The number of fused-ring (bicyclic) bond motifs is 7. The third-order valence-electron chi connectivity index (χ3n) is 12.7. The third-order valence-corrected chi connectivity index (χ3v) is 12.7. The van der Waals surface area contributed by atoms with Crippen LogP contribution in [0.1, 0.15) is 29.7 Å². The molecule has 0 amide bonds. The number of hydrogen-bond acceptors (Lipinski definition) is 3. The first-order chi connectivity index (χ1) is 30.6. The van der Waals surface area contributed by atoms with Crippen molar-refractivity contribution in [3.63, 3.8) is 0 Å². The molecule has 11 aromatic rings. The Kier molecular flexibility index (Phi) is 8.46. The van der Waals surface area contributed by atoms with Gasteiger partial charge in [-0.3, -0.25) is 0 Å². The molecule has 0 fully saturated rings. The van der Waals surface area contributed by atoms with Gasteiger partial charge in [0.05, 0.1) is 11.7 Å². The molecule has 1 N–H and O–H groups in total. The van der Waals surface area contributed by atoms with Crippen molar-refractivity contribution in [2.45, 2.75) is 13.0 Å². The number of para-hydroxylation sites is 1. The van der Waals surface area contributed by atoms with Gasteiger partial charge in [0.2, 0.25) is 0 Å². The number of hydrogen-bond donors (Lipinski definition) is 1. The van der Waals surface area contributed by atoms with Crippen LogP contribution in [0.5, 0.6) is 0 Å². The minimum absolute atomic E-state index is 0.150. The van der Waals surface area contributed by atoms with Gasteiger partial charge in [0.25, 0.3) is 0 Å². The fourth-order valence-corrected chi connectivity index (χ4v) is 9.62. The quantitative estimate of drug-likeness (QED) is 0.170. The van der Waals surface area contributed by atoms with Gasteiger partial charge < -0.3 is 9.73 Å². The second-order valence-electron chi connectivity index (χ2n) is 16.3. The molecule has 1 unspecified atom stereocenters. The third kappa shape index (κ3) is 6.01. The van der Waals surface area contributed by atoms with E-state index in [-0.39, 0.29) is 6.04 Å². The predicted molar refractivity (Wildman–Crippen MR) is 260 cm³/mol. The molecule has 12 rings (SSSR count). The van der Waals surface area contributed by atoms with E-state index in [1.807, 2.05) is 6.07 Å². The van der Waals surface area contributed by atoms with Gasteiger partial charge in [-0.2, -0.15) is 0 Å². The molecule has 10 aromatic carbocycles. The van der Waals surface area contributed by atoms with E-state index in [1.165, 1.54) is 60.1 Å². The van der Waals surface area contributed by atoms with Crippen LogP contribution in [0.15, 0.2) is 227 Å². The van der Waals surface area contributed by atoms with Gasteiger partial charge in [-0.1, -0.05) is 182 Å². The second kappa shape index (κ2) is 14.6. The number of furan rings is 1. The molecule has 0 bridgehead atoms. The smallest absolute Gasteiger partial charge is 0.136 e. The Balaban J connectivity index is 1.09. The lowest BCUT2D eigenvalue weighted by atomic mass is 9.86. The average Bonchev–Trinajstić information content (AvgIpc) is 3.73. The van der Waals surface area contributed by atoms with E-state index < -0.39 is 0 Å². The monoisotopic (exact) mass is 792 g/mol. The topological polar surface area (TPSA) is 37.5 Å². The molecule has 1 aliphatic rings. The van der Waals surface area contributed by atoms with Crippen molar-refractivity contribution in [1.82, 2.24) is 5.32 Å². The summed E-state index contributed by atoms with van der Waals surface area (Å²) in [7, 11) is 0. The minimum atomic E-state index is -0.150. The standard InChI is InChI=1S/C59H40N2O/c1-37-57(45-31-23-38-13-5-6-17-44(38)35-45)60-59(46-32-30-43-29-24-40-16-7-8-20-49(40)52(43)36-46)61-58(37)56-50(33-34-54-55(56)51-21-11-12-22-53(51)62-54)42-27-25-41(26-28-42)48-19-10-9-18-47(48)39-14-3-2-4-15-39/h2-36,57H,1H3,(H,60,61). The number of amidine groups is 1. The molecule has 0 radical (unpaired) electrons. The Morgan fingerprint density at radius 3 is 1.79 bits per heavy atom. The van der Waals surface area contributed by atoms with Crippen LogP contribution >= 0.6 is 0 Å². The number of rotatable bonds is 6. The molecular weight excluding hydrogens is 753 g/mol. The maximum Gasteiger partial charge on any atom is 0.136 e. The van der Waals surface area contributed by atoms with Gasteiger partial charge in [-0.15, -0.1) is 0 Å². The number of nitrogens with zero attached hydrogens (tertiary/aromatic N) is 1. The SMILES string of the molecule is CC1=C(c2c(-c3ccc(-c4ccccc4-c4ccccc4)cc3)ccc3oc4ccccc4c23)N=C(c2ccc3ccc4ccccc4c3c2)NC1c1ccc2ccccc2c1. The molecule has 2 heterocycles. The summed E-state index contributed by atoms with van der Waals surface area (Å²) in [5.74, 6) is 0.835. The summed E-state index contributed by atoms with van der Waals surface area (Å²) in [4.78, 5) is 5.70. The molecule has 3 nitrogen and oxygen atoms in total. The summed E-state index contributed by atoms with van der Waals surface area (Å²) in [6, 6.07) is 76.1. The van der Waals surface area contributed by atoms with Crippen LogP contribution in [0, 0.1) is 0 Å². The number of nitrogens with one attached hydrogen (secondary N) is 1. The highest BCUT2D eigenvalue weighted by Crippen LogP contribution is 2.46. The summed E-state index contributed by atoms with van der Waals surface area (Å²) in [6.45, 7) is 2.24. The Labute approximate surface area is 359 Å². The molecule has 0 saturated carbocycles. The van der Waals surface area contributed by atoms with Gasteiger partial charge in [0, 0.05) is 21.9 Å². The van der Waals surface area contributed by atoms with Crippen molar-refractivity contribution >= 4 is 65.8 Å². The van der Waals surface area contributed by atoms with E-state index >= 15 is 0 Å². The molecule has 62 heavy (non-hydrogen) atoms. The zero-order chi connectivity index (χ0) is 41.1. The average molecular weight is 793 g/mol. The van der Waals surface area contributed by atoms with Crippen molar-refractivity contribution in [2.24, 2.45) is 4.99 Å². The van der Waals surface area contributed by atoms with Crippen LogP contribution in [0.4, 0.5) is 0 Å². The minimum Gasteiger partial charge on any atom is -0.456 e. The van der Waals surface area contributed by atoms with E-state index in [2.05, 4.69) is 218 Å². The summed E-state index contributed by atoms with van der Waals surface area (Å²) >= 11 is 0. The molecular formula is C59H40N2O. The van der Waals surface area contributed by atoms with Crippen LogP contribution in [0.3, 0.4) is 0 Å². The fraction of sp³-hybridized carbons (Fsp3) is 0.0339. The van der Waals surface area contributed by atoms with Crippen molar-refractivity contribution in [3.05, 3.63) is 235 Å². The second-order valence-corrected chi connectivity index (χ2v) is 16.3. The highest BCUT2D eigenvalue weighted by molar-refractivity contribution is 6.16. The number of benzene rings is 10. The molecule has 292 valence electrons. The highest BCUT2D eigenvalue weighted by Gasteiger charge is 2.29. The first kappa shape index (κ1) is 35.9. The van der Waals surface area contributed by atoms with E-state index in [4.69, 9.17) is 9.41 Å². The van der Waals surface area contributed by atoms with Crippen LogP contribution in [0.2, 0.25) is 0 Å². The lowest BCUT2D eigenvalue weighted by Crippen LogP contribution is -2.33. The van der Waals surface area contributed by atoms with Gasteiger partial charge in [0.15, 0.2) is 0 Å². The maximum absolute atomic E-state index is 6.62. The summed E-state index contributed by atoms with van der Waals surface area (Å²) in [5, 5.41) is 13.4. The van der Waals surface area contributed by atoms with Gasteiger partial charge in [-0.05, 0) is 114 Å². The van der Waals surface area contributed by atoms with E-state index in [1.54, 1.807) is 0 Å². The fourth-order valence-electron chi connectivity index (χ4n) is 9.62. The van der Waals surface area contributed by atoms with Crippen molar-refractivity contribution in [3.8, 4) is 33.4 Å². The number of aliphatic imine (C=N–C) groups is 1. The summed E-state index contributed by atoms with van der Waals surface area (Å²) in [6.07, 6.45) is 0.